The van der Waals surface area contributed by atoms with Gasteiger partial charge in [-0.2, -0.15) is 0 Å². The smallest absolute Gasteiger partial charge is 0.310 e. The average molecular weight is 1140 g/mol. The zero-order valence-electron chi connectivity index (χ0n) is 45.6. The van der Waals surface area contributed by atoms with Crippen LogP contribution in [0, 0.1) is 11.8 Å². The molecule has 81 heavy (non-hydrogen) atoms. The van der Waals surface area contributed by atoms with Crippen molar-refractivity contribution >= 4 is 58.2 Å². The van der Waals surface area contributed by atoms with Gasteiger partial charge in [-0.1, -0.05) is 18.2 Å². The Morgan fingerprint density at radius 1 is 0.802 bits per heavy atom. The van der Waals surface area contributed by atoms with Crippen LogP contribution in [-0.4, -0.2) is 140 Å². The van der Waals surface area contributed by atoms with Crippen LogP contribution in [0.2, 0.25) is 0 Å². The van der Waals surface area contributed by atoms with E-state index in [2.05, 4.69) is 26.3 Å². The minimum Gasteiger partial charge on any atom is -0.494 e. The molecule has 0 bridgehead atoms. The van der Waals surface area contributed by atoms with Crippen LogP contribution in [0.3, 0.4) is 0 Å². The van der Waals surface area contributed by atoms with E-state index >= 15 is 0 Å². The predicted octanol–water partition coefficient (Wildman–Crippen LogP) is 2.86. The maximum absolute atomic E-state index is 14.1. The van der Waals surface area contributed by atoms with Crippen LogP contribution >= 0.6 is 11.8 Å². The molecule has 0 radical (unpaired) electrons. The Labute approximate surface area is 471 Å². The zero-order chi connectivity index (χ0) is 57.9. The highest BCUT2D eigenvalue weighted by Crippen LogP contribution is 2.56. The van der Waals surface area contributed by atoms with E-state index in [0.29, 0.717) is 90.6 Å². The average Bonchev–Trinajstić information content (AvgIpc) is 3.61. The highest BCUT2D eigenvalue weighted by atomic mass is 32.2. The van der Waals surface area contributed by atoms with Gasteiger partial charge in [-0.05, 0) is 112 Å². The number of esters is 2. The van der Waals surface area contributed by atoms with E-state index in [1.54, 1.807) is 31.3 Å². The number of ether oxygens (including phenoxy) is 7. The number of hydrogen-bond acceptors (Lipinski definition) is 19. The van der Waals surface area contributed by atoms with Gasteiger partial charge in [0.15, 0.2) is 28.9 Å². The molecule has 436 valence electrons. The summed E-state index contributed by atoms with van der Waals surface area (Å²) in [5, 5.41) is 34.7. The monoisotopic (exact) mass is 1140 g/mol. The molecular formula is C56H71N9O15S. The van der Waals surface area contributed by atoms with Crippen molar-refractivity contribution in [3.63, 3.8) is 0 Å². The van der Waals surface area contributed by atoms with Gasteiger partial charge in [0.05, 0.1) is 51.2 Å². The molecule has 1 unspecified atom stereocenters. The van der Waals surface area contributed by atoms with Gasteiger partial charge in [0.25, 0.3) is 0 Å². The van der Waals surface area contributed by atoms with E-state index in [4.69, 9.17) is 50.4 Å². The first kappa shape index (κ1) is 59.3. The number of primary amides is 1. The molecule has 2 aliphatic heterocycles. The van der Waals surface area contributed by atoms with Crippen molar-refractivity contribution in [2.75, 3.05) is 60.6 Å². The highest BCUT2D eigenvalue weighted by molar-refractivity contribution is 7.99. The van der Waals surface area contributed by atoms with Crippen LogP contribution in [0.4, 0.5) is 0 Å². The fraction of sp³-hybridized carbons (Fsp3) is 0.464. The predicted molar refractivity (Wildman–Crippen MR) is 296 cm³/mol. The third kappa shape index (κ3) is 13.3. The third-order valence-electron chi connectivity index (χ3n) is 15.0. The summed E-state index contributed by atoms with van der Waals surface area (Å²) in [6, 6.07) is 11.7. The summed E-state index contributed by atoms with van der Waals surface area (Å²) in [4.78, 5) is 85.7. The molecule has 25 heteroatoms. The molecule has 1 aliphatic carbocycles. The number of aromatic amines is 1. The molecule has 24 nitrogen and oxygen atoms in total. The fourth-order valence-electron chi connectivity index (χ4n) is 10.7. The standard InChI is InChI=1S/C56H71N9O15S/c1-60-38(19-30-25-61-35-12-6-5-11-31(30)35)54(71)63-36(13-7-9-16-57)52(69)62-37(14-8-10-17-58)53(70)64-39(51(59)68)27-81-44-24-45(66)65(55(44)72)18-15-46(67)80-49-33-23-41-40(78-28-79-41)22-32(33)47(48-34(49)26-77-56(48)73)29-20-42(74-2)50(76-4)43(21-29)75-3/h5-6,11-12,20-25,34,36-39,47-49,60-61,66,72H,7-10,13-19,26-28,57-58H2,1-4H3,(H2,59,68)(H,62,69)(H,63,71)(H,64,70)/t34-,36-,37-,38-,39?,47+,48-,49-/m0/s1. The van der Waals surface area contributed by atoms with Crippen molar-refractivity contribution in [2.24, 2.45) is 29.0 Å². The zero-order valence-corrected chi connectivity index (χ0v) is 46.4. The van der Waals surface area contributed by atoms with Crippen LogP contribution in [0.5, 0.6) is 40.5 Å². The maximum Gasteiger partial charge on any atom is 0.310 e. The van der Waals surface area contributed by atoms with Gasteiger partial charge in [-0.25, -0.2) is 0 Å². The molecule has 3 aromatic carbocycles. The Morgan fingerprint density at radius 3 is 2.02 bits per heavy atom. The third-order valence-corrected chi connectivity index (χ3v) is 16.1. The van der Waals surface area contributed by atoms with E-state index in [-0.39, 0.29) is 49.9 Å². The molecule has 0 saturated carbocycles. The second-order valence-electron chi connectivity index (χ2n) is 20.0. The number of methoxy groups -OCH3 is 3. The molecule has 0 spiro atoms. The second-order valence-corrected chi connectivity index (χ2v) is 21.0. The lowest BCUT2D eigenvalue weighted by Crippen LogP contribution is -2.58. The lowest BCUT2D eigenvalue weighted by Gasteiger charge is -2.38. The highest BCUT2D eigenvalue weighted by Gasteiger charge is 2.54. The number of carbonyl (C=O) groups is 6. The number of nitrogens with two attached hydrogens (primary N) is 3. The number of fused-ring (bicyclic) bond motifs is 4. The van der Waals surface area contributed by atoms with E-state index < -0.39 is 95.4 Å². The minimum absolute atomic E-state index is 0.0444. The number of carbonyl (C=O) groups excluding carboxylic acids is 6. The van der Waals surface area contributed by atoms with Gasteiger partial charge in [-0.15, -0.1) is 11.8 Å². The number of nitrogens with zero attached hydrogens (tertiary/aromatic N) is 1. The second kappa shape index (κ2) is 27.1. The maximum atomic E-state index is 14.1. The number of aromatic nitrogens is 2. The summed E-state index contributed by atoms with van der Waals surface area (Å²) < 4.78 is 41.3. The molecule has 4 heterocycles. The molecule has 8 rings (SSSR count). The minimum atomic E-state index is -1.34. The van der Waals surface area contributed by atoms with E-state index in [0.717, 1.165) is 32.8 Å². The van der Waals surface area contributed by atoms with Gasteiger partial charge in [0, 0.05) is 52.9 Å². The number of benzene rings is 3. The van der Waals surface area contributed by atoms with Gasteiger partial charge in [0.2, 0.25) is 42.1 Å². The molecule has 1 fully saturated rings. The fourth-order valence-corrected chi connectivity index (χ4v) is 11.8. The van der Waals surface area contributed by atoms with Crippen LogP contribution in [-0.2, 0) is 51.2 Å². The van der Waals surface area contributed by atoms with Gasteiger partial charge in [-0.3, -0.25) is 33.3 Å². The van der Waals surface area contributed by atoms with Crippen molar-refractivity contribution in [3.05, 3.63) is 83.0 Å². The van der Waals surface area contributed by atoms with Gasteiger partial charge in [0.1, 0.15) is 24.2 Å². The SMILES string of the molecule is CN[C@@H](Cc1c[nH]c2ccccc12)C(=O)N[C@@H](CCCCN)C(=O)N[C@@H](CCCCN)C(=O)NC(CSc1cc(O)n(CCC(=O)O[C@H]2c3cc4c(cc3[C@@H](c3cc(OC)c(OC)c(OC)c3)[C@H]3C(=O)OC[C@@H]32)OCO4)c1O)C(N)=O. The van der Waals surface area contributed by atoms with Crippen molar-refractivity contribution < 1.29 is 72.1 Å². The largest absolute Gasteiger partial charge is 0.494 e. The Hall–Kier alpha value is -7.87. The first-order valence-corrected chi connectivity index (χ1v) is 27.8. The van der Waals surface area contributed by atoms with Crippen LogP contribution in [0.15, 0.2) is 65.7 Å². The Bertz CT molecular complexity index is 3070. The molecule has 3 aliphatic rings. The quantitative estimate of drug-likeness (QED) is 0.0187. The topological polar surface area (TPSA) is 354 Å². The normalized spacial score (nSPS) is 18.4. The Balaban J connectivity index is 0.922. The molecule has 8 atom stereocenters. The molecule has 2 aromatic heterocycles. The van der Waals surface area contributed by atoms with Crippen molar-refractivity contribution in [3.8, 4) is 40.5 Å². The first-order chi connectivity index (χ1) is 39.1. The molecule has 1 saturated heterocycles. The number of hydrogen-bond donors (Lipinski definition) is 10. The Morgan fingerprint density at radius 2 is 1.42 bits per heavy atom. The van der Waals surface area contributed by atoms with Gasteiger partial charge < -0.3 is 86.8 Å². The van der Waals surface area contributed by atoms with Crippen LogP contribution in [0.25, 0.3) is 10.9 Å². The summed E-state index contributed by atoms with van der Waals surface area (Å²) in [7, 11) is 6.11. The number of thioether (sulfide) groups is 1. The number of aromatic hydroxyl groups is 2. The molecule has 5 aromatic rings. The Kier molecular flexibility index (Phi) is 19.8. The summed E-state index contributed by atoms with van der Waals surface area (Å²) >= 11 is 0.894. The number of likely N-dealkylation sites (N-methyl/N-ethyl adjacent to an activating group) is 1. The lowest BCUT2D eigenvalue weighted by atomic mass is 9.66. The molecular weight excluding hydrogens is 1070 g/mol. The first-order valence-electron chi connectivity index (χ1n) is 26.8. The van der Waals surface area contributed by atoms with Crippen LogP contribution < -0.4 is 62.2 Å². The van der Waals surface area contributed by atoms with Crippen molar-refractivity contribution in [1.82, 2.24) is 30.8 Å². The van der Waals surface area contributed by atoms with E-state index in [1.165, 1.54) is 27.4 Å². The van der Waals surface area contributed by atoms with E-state index in [9.17, 15) is 39.0 Å². The number of nitrogens with one attached hydrogen (secondary N) is 5. The number of amides is 4. The number of unbranched alkanes of at least 4 members (excludes halogenated alkanes) is 2. The molecule has 13 N–H and O–H groups in total. The summed E-state index contributed by atoms with van der Waals surface area (Å²) in [5.41, 5.74) is 21.0. The van der Waals surface area contributed by atoms with Crippen LogP contribution in [0.1, 0.15) is 79.2 Å². The van der Waals surface area contributed by atoms with Crippen molar-refractivity contribution in [1.29, 1.82) is 0 Å². The number of rotatable bonds is 29. The summed E-state index contributed by atoms with van der Waals surface area (Å²) in [6.45, 7) is 0.319. The lowest BCUT2D eigenvalue weighted by molar-refractivity contribution is -0.154. The van der Waals surface area contributed by atoms with Crippen molar-refractivity contribution in [2.45, 2.75) is 99.0 Å². The summed E-state index contributed by atoms with van der Waals surface area (Å²) in [5.74, 6) is -5.18. The number of H-pyrrole nitrogens is 1. The van der Waals surface area contributed by atoms with E-state index in [1.807, 2.05) is 30.5 Å². The van der Waals surface area contributed by atoms with Gasteiger partial charge >= 0.3 is 11.9 Å². The summed E-state index contributed by atoms with van der Waals surface area (Å²) in [6.07, 6.45) is 3.24. The number of cyclic esters (lactones) is 1. The molecule has 4 amide bonds. The number of para-hydroxylation sites is 1.